The number of hydrogen-bond donors (Lipinski definition) is 0. The van der Waals surface area contributed by atoms with Crippen LogP contribution in [0.4, 0.5) is 11.4 Å². The Balaban J connectivity index is 0.000000167. The van der Waals surface area contributed by atoms with Crippen molar-refractivity contribution >= 4 is 30.0 Å². The van der Waals surface area contributed by atoms with Crippen molar-refractivity contribution in [2.24, 2.45) is 0 Å². The minimum Gasteiger partial charge on any atom is -0.399 e. The summed E-state index contributed by atoms with van der Waals surface area (Å²) in [5, 5.41) is 0. The molecule has 8 nitrogen and oxygen atoms in total. The second-order valence-electron chi connectivity index (χ2n) is 13.8. The third-order valence-corrected chi connectivity index (χ3v) is 9.46. The van der Waals surface area contributed by atoms with E-state index in [9.17, 15) is 0 Å². The van der Waals surface area contributed by atoms with Crippen LogP contribution in [0.15, 0.2) is 36.7 Å². The van der Waals surface area contributed by atoms with Gasteiger partial charge in [0.05, 0.1) is 70.8 Å². The standard InChI is InChI=1S/C20H29BN2O3.C14H18N2O/c1-13-11-23(12-14(2)24-13)15-9-16-17(7-8-18(16)22-10-15)21-25-19(3,4)20(5,6)26-21;1-10-8-16(9-11(2)17-10)13-6-12-4-3-5-14(12)15-7-13/h7,9-10,13-14H,8,11-12H2,1-6H3;3-4,6-7,10-11H,5,8-9H2,1-2H3/t13-,14+;10-,11+. The number of ether oxygens (including phenoxy) is 2. The van der Waals surface area contributed by atoms with Gasteiger partial charge in [-0.3, -0.25) is 9.97 Å². The van der Waals surface area contributed by atoms with E-state index in [-0.39, 0.29) is 30.5 Å². The molecule has 0 aromatic carbocycles. The Labute approximate surface area is 257 Å². The molecule has 5 heterocycles. The van der Waals surface area contributed by atoms with Crippen molar-refractivity contribution in [2.75, 3.05) is 36.0 Å². The number of morpholine rings is 2. The summed E-state index contributed by atoms with van der Waals surface area (Å²) < 4.78 is 24.2. The molecular formula is C34H47BN4O4. The number of fused-ring (bicyclic) bond motifs is 2. The number of allylic oxidation sites excluding steroid dienone is 2. The summed E-state index contributed by atoms with van der Waals surface area (Å²) in [6, 6.07) is 4.49. The van der Waals surface area contributed by atoms with E-state index < -0.39 is 0 Å². The van der Waals surface area contributed by atoms with E-state index in [0.29, 0.717) is 12.2 Å². The molecule has 0 saturated carbocycles. The van der Waals surface area contributed by atoms with E-state index in [1.165, 1.54) is 16.9 Å². The topological polar surface area (TPSA) is 69.2 Å². The summed E-state index contributed by atoms with van der Waals surface area (Å²) in [4.78, 5) is 14.0. The average Bonchev–Trinajstić information content (AvgIpc) is 3.62. The fourth-order valence-electron chi connectivity index (χ4n) is 6.64. The van der Waals surface area contributed by atoms with Crippen molar-refractivity contribution in [3.8, 4) is 0 Å². The van der Waals surface area contributed by atoms with Crippen LogP contribution < -0.4 is 9.80 Å². The third kappa shape index (κ3) is 6.28. The first-order valence-electron chi connectivity index (χ1n) is 15.9. The molecule has 3 aliphatic heterocycles. The third-order valence-electron chi connectivity index (χ3n) is 9.46. The highest BCUT2D eigenvalue weighted by Crippen LogP contribution is 2.43. The number of anilines is 2. The molecule has 4 atom stereocenters. The molecule has 2 aliphatic carbocycles. The van der Waals surface area contributed by atoms with Crippen LogP contribution in [0, 0.1) is 0 Å². The lowest BCUT2D eigenvalue weighted by Gasteiger charge is -2.36. The van der Waals surface area contributed by atoms with Crippen molar-refractivity contribution in [2.45, 2.75) is 104 Å². The summed E-state index contributed by atoms with van der Waals surface area (Å²) in [7, 11) is -0.333. The van der Waals surface area contributed by atoms with Crippen LogP contribution in [-0.2, 0) is 31.6 Å². The van der Waals surface area contributed by atoms with Crippen molar-refractivity contribution in [1.82, 2.24) is 9.97 Å². The van der Waals surface area contributed by atoms with Gasteiger partial charge in [0.1, 0.15) is 0 Å². The van der Waals surface area contributed by atoms with E-state index in [1.54, 1.807) is 0 Å². The van der Waals surface area contributed by atoms with Gasteiger partial charge in [-0.05, 0) is 84.1 Å². The second kappa shape index (κ2) is 11.7. The van der Waals surface area contributed by atoms with Crippen molar-refractivity contribution in [3.05, 3.63) is 59.2 Å². The molecule has 0 spiro atoms. The molecule has 230 valence electrons. The van der Waals surface area contributed by atoms with Gasteiger partial charge in [0.2, 0.25) is 0 Å². The number of hydrogen-bond acceptors (Lipinski definition) is 8. The summed E-state index contributed by atoms with van der Waals surface area (Å²) in [6.45, 7) is 20.6. The smallest absolute Gasteiger partial charge is 0.399 e. The van der Waals surface area contributed by atoms with Crippen molar-refractivity contribution < 1.29 is 18.8 Å². The Morgan fingerprint density at radius 1 is 0.721 bits per heavy atom. The molecule has 2 aromatic rings. The number of aromatic nitrogens is 2. The zero-order valence-corrected chi connectivity index (χ0v) is 27.1. The van der Waals surface area contributed by atoms with E-state index in [4.69, 9.17) is 23.8 Å². The number of rotatable bonds is 3. The highest BCUT2D eigenvalue weighted by molar-refractivity contribution is 6.69. The molecule has 43 heavy (non-hydrogen) atoms. The monoisotopic (exact) mass is 586 g/mol. The maximum absolute atomic E-state index is 6.27. The van der Waals surface area contributed by atoms with Gasteiger partial charge in [0.15, 0.2) is 0 Å². The van der Waals surface area contributed by atoms with Crippen LogP contribution in [0.1, 0.15) is 77.9 Å². The fraction of sp³-hybridized carbons (Fsp3) is 0.588. The number of pyridine rings is 2. The van der Waals surface area contributed by atoms with Gasteiger partial charge in [-0.1, -0.05) is 18.2 Å². The Hall–Kier alpha value is -2.72. The first-order chi connectivity index (χ1) is 20.4. The quantitative estimate of drug-likeness (QED) is 0.435. The molecule has 9 heteroatoms. The Bertz CT molecular complexity index is 1370. The SMILES string of the molecule is C[C@@H]1CN(c2cnc3c(c2)C(B2OC(C)(C)C(C)(C)O2)=CC3)C[C@H](C)O1.C[C@@H]1CN(c2cnc3c(c2)C=CC3)C[C@H](C)O1. The van der Waals surface area contributed by atoms with Crippen LogP contribution in [-0.4, -0.2) is 78.9 Å². The van der Waals surface area contributed by atoms with Gasteiger partial charge in [-0.25, -0.2) is 0 Å². The minimum absolute atomic E-state index is 0.227. The summed E-state index contributed by atoms with van der Waals surface area (Å²) >= 11 is 0. The molecule has 5 aliphatic rings. The lowest BCUT2D eigenvalue weighted by atomic mass is 9.75. The fourth-order valence-corrected chi connectivity index (χ4v) is 6.64. The lowest BCUT2D eigenvalue weighted by molar-refractivity contribution is -0.00550. The van der Waals surface area contributed by atoms with Gasteiger partial charge < -0.3 is 28.6 Å². The summed E-state index contributed by atoms with van der Waals surface area (Å²) in [6.07, 6.45) is 13.4. The highest BCUT2D eigenvalue weighted by Gasteiger charge is 2.53. The van der Waals surface area contributed by atoms with Crippen LogP contribution >= 0.6 is 0 Å². The molecule has 0 radical (unpaired) electrons. The zero-order chi connectivity index (χ0) is 30.5. The van der Waals surface area contributed by atoms with Gasteiger partial charge >= 0.3 is 7.12 Å². The summed E-state index contributed by atoms with van der Waals surface area (Å²) in [5.41, 5.74) is 7.55. The Morgan fingerprint density at radius 3 is 1.79 bits per heavy atom. The molecule has 3 saturated heterocycles. The van der Waals surface area contributed by atoms with Gasteiger partial charge in [-0.15, -0.1) is 0 Å². The molecule has 0 unspecified atom stereocenters. The maximum atomic E-state index is 6.27. The lowest BCUT2D eigenvalue weighted by Crippen LogP contribution is -2.45. The molecule has 0 N–H and O–H groups in total. The predicted octanol–water partition coefficient (Wildman–Crippen LogP) is 5.53. The van der Waals surface area contributed by atoms with Crippen LogP contribution in [0.25, 0.3) is 11.5 Å². The van der Waals surface area contributed by atoms with Gasteiger partial charge in [0, 0.05) is 39.0 Å². The first kappa shape index (κ1) is 30.3. The molecule has 7 rings (SSSR count). The Kier molecular flexibility index (Phi) is 8.22. The molecular weight excluding hydrogens is 539 g/mol. The molecule has 3 fully saturated rings. The Morgan fingerprint density at radius 2 is 1.23 bits per heavy atom. The van der Waals surface area contributed by atoms with E-state index in [1.807, 2.05) is 12.4 Å². The van der Waals surface area contributed by atoms with Gasteiger partial charge in [-0.2, -0.15) is 0 Å². The van der Waals surface area contributed by atoms with Crippen LogP contribution in [0.3, 0.4) is 0 Å². The van der Waals surface area contributed by atoms with Crippen LogP contribution in [0.5, 0.6) is 0 Å². The van der Waals surface area contributed by atoms with Crippen molar-refractivity contribution in [3.63, 3.8) is 0 Å². The normalized spacial score (nSPS) is 28.7. The maximum Gasteiger partial charge on any atom is 0.495 e. The molecule has 2 aromatic heterocycles. The minimum atomic E-state index is -0.333. The van der Waals surface area contributed by atoms with E-state index in [0.717, 1.165) is 61.4 Å². The largest absolute Gasteiger partial charge is 0.495 e. The predicted molar refractivity (Wildman–Crippen MR) is 173 cm³/mol. The van der Waals surface area contributed by atoms with Gasteiger partial charge in [0.25, 0.3) is 0 Å². The molecule has 0 amide bonds. The van der Waals surface area contributed by atoms with E-state index in [2.05, 4.69) is 101 Å². The first-order valence-corrected chi connectivity index (χ1v) is 15.9. The van der Waals surface area contributed by atoms with E-state index >= 15 is 0 Å². The average molecular weight is 587 g/mol. The zero-order valence-electron chi connectivity index (χ0n) is 27.1. The van der Waals surface area contributed by atoms with Crippen LogP contribution in [0.2, 0.25) is 0 Å². The van der Waals surface area contributed by atoms with Crippen molar-refractivity contribution in [1.29, 1.82) is 0 Å². The second-order valence-corrected chi connectivity index (χ2v) is 13.8. The number of nitrogens with zero attached hydrogens (tertiary/aromatic N) is 4. The highest BCUT2D eigenvalue weighted by atomic mass is 16.7. The summed E-state index contributed by atoms with van der Waals surface area (Å²) in [5.74, 6) is 0. The molecule has 0 bridgehead atoms.